The van der Waals surface area contributed by atoms with Crippen molar-refractivity contribution in [3.8, 4) is 0 Å². The Bertz CT molecular complexity index is 913. The van der Waals surface area contributed by atoms with Gasteiger partial charge in [-0.05, 0) is 43.0 Å². The lowest BCUT2D eigenvalue weighted by molar-refractivity contribution is 0.166. The molecule has 0 atom stereocenters. The molecule has 0 fully saturated rings. The zero-order chi connectivity index (χ0) is 16.4. The molecule has 2 N–H and O–H groups in total. The van der Waals surface area contributed by atoms with Crippen LogP contribution in [-0.2, 0) is 11.3 Å². The summed E-state index contributed by atoms with van der Waals surface area (Å²) >= 11 is 0. The molecule has 1 aliphatic carbocycles. The van der Waals surface area contributed by atoms with Crippen LogP contribution in [0, 0.1) is 0 Å². The molecule has 0 aliphatic heterocycles. The number of fused-ring (bicyclic) bond motifs is 3. The summed E-state index contributed by atoms with van der Waals surface area (Å²) < 4.78 is 0. The zero-order valence-electron chi connectivity index (χ0n) is 13.1. The summed E-state index contributed by atoms with van der Waals surface area (Å²) in [6, 6.07) is 17.4. The lowest BCUT2D eigenvalue weighted by atomic mass is 9.94. The number of hydrogen-bond acceptors (Lipinski definition) is 3. The number of nitrogens with one attached hydrogen (secondary N) is 2. The fourth-order valence-corrected chi connectivity index (χ4v) is 3.11. The molecule has 5 heteroatoms. The SMILES string of the molecule is O=C(Nc1ccccc1)O/N=C1\CCCc2c1[nH]c1ccccc21. The van der Waals surface area contributed by atoms with E-state index in [0.717, 1.165) is 36.2 Å². The van der Waals surface area contributed by atoms with E-state index < -0.39 is 6.09 Å². The Morgan fingerprint density at radius 3 is 2.71 bits per heavy atom. The first-order chi connectivity index (χ1) is 11.8. The number of amides is 1. The highest BCUT2D eigenvalue weighted by Crippen LogP contribution is 2.29. The average molecular weight is 319 g/mol. The molecule has 0 radical (unpaired) electrons. The van der Waals surface area contributed by atoms with Crippen LogP contribution in [0.3, 0.4) is 0 Å². The van der Waals surface area contributed by atoms with Crippen LogP contribution in [0.1, 0.15) is 24.1 Å². The predicted octanol–water partition coefficient (Wildman–Crippen LogP) is 4.46. The molecule has 24 heavy (non-hydrogen) atoms. The van der Waals surface area contributed by atoms with Crippen LogP contribution in [0.5, 0.6) is 0 Å². The highest BCUT2D eigenvalue weighted by Gasteiger charge is 2.21. The summed E-state index contributed by atoms with van der Waals surface area (Å²) in [7, 11) is 0. The Morgan fingerprint density at radius 2 is 1.83 bits per heavy atom. The average Bonchev–Trinajstić information content (AvgIpc) is 3.00. The fraction of sp³-hybridized carbons (Fsp3) is 0.158. The molecule has 1 amide bonds. The molecule has 1 aliphatic rings. The van der Waals surface area contributed by atoms with Crippen LogP contribution >= 0.6 is 0 Å². The minimum Gasteiger partial charge on any atom is -0.353 e. The van der Waals surface area contributed by atoms with Crippen LogP contribution in [0.25, 0.3) is 10.9 Å². The number of anilines is 1. The van der Waals surface area contributed by atoms with Crippen molar-refractivity contribution < 1.29 is 9.63 Å². The second kappa shape index (κ2) is 6.20. The van der Waals surface area contributed by atoms with Crippen molar-refractivity contribution in [3.05, 3.63) is 65.9 Å². The molecular formula is C19H17N3O2. The number of aromatic nitrogens is 1. The molecular weight excluding hydrogens is 302 g/mol. The molecule has 3 aromatic rings. The Balaban J connectivity index is 1.55. The van der Waals surface area contributed by atoms with E-state index in [0.29, 0.717) is 5.69 Å². The van der Waals surface area contributed by atoms with E-state index in [1.807, 2.05) is 36.4 Å². The minimum atomic E-state index is -0.586. The maximum Gasteiger partial charge on any atom is 0.437 e. The number of carbonyl (C=O) groups is 1. The van der Waals surface area contributed by atoms with E-state index in [4.69, 9.17) is 4.84 Å². The van der Waals surface area contributed by atoms with E-state index in [1.165, 1.54) is 10.9 Å². The number of aryl methyl sites for hydroxylation is 1. The topological polar surface area (TPSA) is 66.5 Å². The van der Waals surface area contributed by atoms with Gasteiger partial charge in [0, 0.05) is 16.6 Å². The number of H-pyrrole nitrogens is 1. The van der Waals surface area contributed by atoms with Gasteiger partial charge in [-0.15, -0.1) is 0 Å². The zero-order valence-corrected chi connectivity index (χ0v) is 13.1. The first-order valence-corrected chi connectivity index (χ1v) is 8.01. The van der Waals surface area contributed by atoms with E-state index in [9.17, 15) is 4.79 Å². The molecule has 2 aromatic carbocycles. The molecule has 0 bridgehead atoms. The lowest BCUT2D eigenvalue weighted by Crippen LogP contribution is -2.15. The third-order valence-electron chi connectivity index (χ3n) is 4.20. The summed E-state index contributed by atoms with van der Waals surface area (Å²) in [6.45, 7) is 0. The fourth-order valence-electron chi connectivity index (χ4n) is 3.11. The van der Waals surface area contributed by atoms with Crippen molar-refractivity contribution >= 4 is 28.4 Å². The van der Waals surface area contributed by atoms with Gasteiger partial charge in [-0.1, -0.05) is 41.6 Å². The molecule has 5 nitrogen and oxygen atoms in total. The van der Waals surface area contributed by atoms with Gasteiger partial charge in [0.05, 0.1) is 5.69 Å². The van der Waals surface area contributed by atoms with E-state index in [1.54, 1.807) is 12.1 Å². The van der Waals surface area contributed by atoms with Crippen LogP contribution in [0.2, 0.25) is 0 Å². The van der Waals surface area contributed by atoms with Gasteiger partial charge >= 0.3 is 6.09 Å². The Hall–Kier alpha value is -3.08. The summed E-state index contributed by atoms with van der Waals surface area (Å²) in [5, 5.41) is 7.96. The van der Waals surface area contributed by atoms with Crippen LogP contribution in [-0.4, -0.2) is 16.8 Å². The van der Waals surface area contributed by atoms with Crippen molar-refractivity contribution in [1.29, 1.82) is 0 Å². The third-order valence-corrected chi connectivity index (χ3v) is 4.20. The maximum absolute atomic E-state index is 11.9. The maximum atomic E-state index is 11.9. The van der Waals surface area contributed by atoms with Gasteiger partial charge in [-0.3, -0.25) is 10.2 Å². The number of benzene rings is 2. The number of aromatic amines is 1. The van der Waals surface area contributed by atoms with Gasteiger partial charge in [0.1, 0.15) is 5.71 Å². The summed E-state index contributed by atoms with van der Waals surface area (Å²) in [4.78, 5) is 20.3. The van der Waals surface area contributed by atoms with E-state index >= 15 is 0 Å². The second-order valence-electron chi connectivity index (χ2n) is 5.79. The first-order valence-electron chi connectivity index (χ1n) is 8.01. The molecule has 4 rings (SSSR count). The number of para-hydroxylation sites is 2. The lowest BCUT2D eigenvalue weighted by Gasteiger charge is -2.13. The van der Waals surface area contributed by atoms with Crippen molar-refractivity contribution in [2.75, 3.05) is 5.32 Å². The van der Waals surface area contributed by atoms with Crippen molar-refractivity contribution in [1.82, 2.24) is 4.98 Å². The summed E-state index contributed by atoms with van der Waals surface area (Å²) in [5.74, 6) is 0. The van der Waals surface area contributed by atoms with Gasteiger partial charge in [-0.25, -0.2) is 4.79 Å². The highest BCUT2D eigenvalue weighted by atomic mass is 16.7. The predicted molar refractivity (Wildman–Crippen MR) is 94.3 cm³/mol. The van der Waals surface area contributed by atoms with Crippen LogP contribution in [0.4, 0.5) is 10.5 Å². The van der Waals surface area contributed by atoms with Gasteiger partial charge in [0.15, 0.2) is 0 Å². The van der Waals surface area contributed by atoms with Crippen molar-refractivity contribution in [2.45, 2.75) is 19.3 Å². The number of hydrogen-bond donors (Lipinski definition) is 2. The largest absolute Gasteiger partial charge is 0.437 e. The summed E-state index contributed by atoms with van der Waals surface area (Å²) in [5.41, 5.74) is 4.79. The molecule has 0 saturated heterocycles. The van der Waals surface area contributed by atoms with Crippen LogP contribution in [0.15, 0.2) is 59.8 Å². The number of oxime groups is 1. The van der Waals surface area contributed by atoms with Crippen LogP contribution < -0.4 is 5.32 Å². The Labute approximate surface area is 139 Å². The van der Waals surface area contributed by atoms with Gasteiger partial charge < -0.3 is 4.98 Å². The monoisotopic (exact) mass is 319 g/mol. The minimum absolute atomic E-state index is 0.586. The van der Waals surface area contributed by atoms with E-state index in [-0.39, 0.29) is 0 Å². The van der Waals surface area contributed by atoms with Gasteiger partial charge in [0.2, 0.25) is 0 Å². The number of nitrogens with zero attached hydrogens (tertiary/aromatic N) is 1. The van der Waals surface area contributed by atoms with E-state index in [2.05, 4.69) is 21.5 Å². The molecule has 0 saturated carbocycles. The molecule has 120 valence electrons. The van der Waals surface area contributed by atoms with Crippen molar-refractivity contribution in [2.24, 2.45) is 5.16 Å². The normalized spacial score (nSPS) is 15.2. The first kappa shape index (κ1) is 14.5. The van der Waals surface area contributed by atoms with Crippen molar-refractivity contribution in [3.63, 3.8) is 0 Å². The number of rotatable bonds is 2. The summed E-state index contributed by atoms with van der Waals surface area (Å²) in [6.07, 6.45) is 2.21. The quantitative estimate of drug-likeness (QED) is 0.541. The van der Waals surface area contributed by atoms with Gasteiger partial charge in [0.25, 0.3) is 0 Å². The number of carbonyl (C=O) groups excluding carboxylic acids is 1. The molecule has 0 unspecified atom stereocenters. The Kier molecular flexibility index (Phi) is 3.75. The molecule has 0 spiro atoms. The third kappa shape index (κ3) is 2.76. The standard InChI is InChI=1S/C19H17N3O2/c23-19(20-13-7-2-1-3-8-13)24-22-17-12-6-10-15-14-9-4-5-11-16(14)21-18(15)17/h1-5,7-9,11,21H,6,10,12H2,(H,20,23)/b22-17+. The molecule has 1 heterocycles. The smallest absolute Gasteiger partial charge is 0.353 e. The second-order valence-corrected chi connectivity index (χ2v) is 5.79. The highest BCUT2D eigenvalue weighted by molar-refractivity contribution is 6.06. The molecule has 1 aromatic heterocycles. The Morgan fingerprint density at radius 1 is 1.04 bits per heavy atom. The van der Waals surface area contributed by atoms with Gasteiger partial charge in [-0.2, -0.15) is 0 Å².